The van der Waals surface area contributed by atoms with E-state index in [1.807, 2.05) is 24.3 Å². The zero-order valence-corrected chi connectivity index (χ0v) is 12.5. The molecule has 0 aliphatic rings. The molecule has 4 heteroatoms. The molecule has 106 valence electrons. The first-order valence-electron chi connectivity index (χ1n) is 6.78. The summed E-state index contributed by atoms with van der Waals surface area (Å²) in [7, 11) is 1.64. The summed E-state index contributed by atoms with van der Waals surface area (Å²) in [5.74, 6) is -0.0579. The number of fused-ring (bicyclic) bond motifs is 1. The Morgan fingerprint density at radius 2 is 1.90 bits per heavy atom. The van der Waals surface area contributed by atoms with Crippen LogP contribution in [0, 0.1) is 0 Å². The average molecular weight is 296 g/mol. The monoisotopic (exact) mass is 296 g/mol. The first-order chi connectivity index (χ1) is 10.3. The second-order valence-electron chi connectivity index (χ2n) is 4.80. The van der Waals surface area contributed by atoms with Crippen molar-refractivity contribution in [2.24, 2.45) is 0 Å². The van der Waals surface area contributed by atoms with Crippen LogP contribution in [0.5, 0.6) is 0 Å². The van der Waals surface area contributed by atoms with Gasteiger partial charge in [-0.05, 0) is 52.7 Å². The lowest BCUT2D eigenvalue weighted by Gasteiger charge is -2.07. The van der Waals surface area contributed by atoms with Crippen LogP contribution in [0.15, 0.2) is 53.9 Å². The molecule has 2 N–H and O–H groups in total. The first-order valence-corrected chi connectivity index (χ1v) is 7.66. The van der Waals surface area contributed by atoms with Crippen LogP contribution in [0.4, 0.5) is 5.69 Å². The number of benzene rings is 2. The maximum absolute atomic E-state index is 11.5. The van der Waals surface area contributed by atoms with Gasteiger partial charge in [0.15, 0.2) is 0 Å². The van der Waals surface area contributed by atoms with Crippen LogP contribution >= 0.6 is 11.3 Å². The van der Waals surface area contributed by atoms with Crippen LogP contribution < -0.4 is 10.6 Å². The predicted octanol–water partition coefficient (Wildman–Crippen LogP) is 3.87. The molecule has 1 heterocycles. The summed E-state index contributed by atoms with van der Waals surface area (Å²) >= 11 is 1.75. The molecule has 0 aliphatic carbocycles. The molecule has 1 aromatic heterocycles. The Balaban J connectivity index is 1.67. The molecule has 0 bridgehead atoms. The van der Waals surface area contributed by atoms with Crippen molar-refractivity contribution in [1.29, 1.82) is 0 Å². The Hall–Kier alpha value is -2.33. The quantitative estimate of drug-likeness (QED) is 0.767. The zero-order valence-electron chi connectivity index (χ0n) is 11.7. The van der Waals surface area contributed by atoms with Crippen LogP contribution in [0.25, 0.3) is 10.1 Å². The van der Waals surface area contributed by atoms with Crippen molar-refractivity contribution in [2.45, 2.75) is 6.54 Å². The van der Waals surface area contributed by atoms with Gasteiger partial charge in [-0.2, -0.15) is 0 Å². The van der Waals surface area contributed by atoms with E-state index in [2.05, 4.69) is 40.3 Å². The molecule has 0 saturated heterocycles. The molecule has 0 fully saturated rings. The first kappa shape index (κ1) is 13.6. The number of carbonyl (C=O) groups is 1. The third kappa shape index (κ3) is 3.06. The highest BCUT2D eigenvalue weighted by Crippen LogP contribution is 2.24. The Morgan fingerprint density at radius 1 is 1.10 bits per heavy atom. The van der Waals surface area contributed by atoms with E-state index >= 15 is 0 Å². The summed E-state index contributed by atoms with van der Waals surface area (Å²) in [5.41, 5.74) is 2.94. The molecule has 0 saturated carbocycles. The van der Waals surface area contributed by atoms with Gasteiger partial charge in [-0.1, -0.05) is 12.1 Å². The smallest absolute Gasteiger partial charge is 0.251 e. The van der Waals surface area contributed by atoms with Crippen molar-refractivity contribution in [3.8, 4) is 0 Å². The number of hydrogen-bond acceptors (Lipinski definition) is 3. The van der Waals surface area contributed by atoms with Gasteiger partial charge in [0, 0.05) is 29.5 Å². The summed E-state index contributed by atoms with van der Waals surface area (Å²) < 4.78 is 1.30. The second kappa shape index (κ2) is 5.97. The standard InChI is InChI=1S/C17H16N2OS/c1-18-17(20)13-4-2-12(3-5-13)11-19-15-6-7-16-14(10-15)8-9-21-16/h2-10,19H,11H2,1H3,(H,18,20). The highest BCUT2D eigenvalue weighted by atomic mass is 32.1. The average Bonchev–Trinajstić information content (AvgIpc) is 3.00. The molecule has 0 unspecified atom stereocenters. The van der Waals surface area contributed by atoms with Crippen LogP contribution in [0.2, 0.25) is 0 Å². The van der Waals surface area contributed by atoms with Crippen LogP contribution in [0.3, 0.4) is 0 Å². The van der Waals surface area contributed by atoms with Crippen LogP contribution in [-0.4, -0.2) is 13.0 Å². The minimum absolute atomic E-state index is 0.0579. The summed E-state index contributed by atoms with van der Waals surface area (Å²) in [6.45, 7) is 0.740. The molecule has 3 rings (SSSR count). The topological polar surface area (TPSA) is 41.1 Å². The van der Waals surface area contributed by atoms with E-state index in [9.17, 15) is 4.79 Å². The number of hydrogen-bond donors (Lipinski definition) is 2. The van der Waals surface area contributed by atoms with E-state index < -0.39 is 0 Å². The molecular weight excluding hydrogens is 280 g/mol. The van der Waals surface area contributed by atoms with E-state index in [-0.39, 0.29) is 5.91 Å². The van der Waals surface area contributed by atoms with Crippen LogP contribution in [-0.2, 0) is 6.54 Å². The second-order valence-corrected chi connectivity index (χ2v) is 5.75. The number of anilines is 1. The number of rotatable bonds is 4. The van der Waals surface area contributed by atoms with Gasteiger partial charge in [0.1, 0.15) is 0 Å². The fraction of sp³-hybridized carbons (Fsp3) is 0.118. The normalized spacial score (nSPS) is 10.5. The molecular formula is C17H16N2OS. The van der Waals surface area contributed by atoms with Gasteiger partial charge in [0.05, 0.1) is 0 Å². The Morgan fingerprint density at radius 3 is 2.67 bits per heavy atom. The van der Waals surface area contributed by atoms with Crippen molar-refractivity contribution in [3.63, 3.8) is 0 Å². The minimum atomic E-state index is -0.0579. The lowest BCUT2D eigenvalue weighted by molar-refractivity contribution is 0.0963. The molecule has 0 aliphatic heterocycles. The van der Waals surface area contributed by atoms with Crippen molar-refractivity contribution in [3.05, 3.63) is 65.0 Å². The summed E-state index contributed by atoms with van der Waals surface area (Å²) in [5, 5.41) is 9.40. The number of amides is 1. The van der Waals surface area contributed by atoms with Gasteiger partial charge >= 0.3 is 0 Å². The van der Waals surface area contributed by atoms with E-state index in [1.54, 1.807) is 18.4 Å². The number of thiophene rings is 1. The largest absolute Gasteiger partial charge is 0.381 e. The molecule has 0 radical (unpaired) electrons. The Kier molecular flexibility index (Phi) is 3.88. The molecule has 0 atom stereocenters. The van der Waals surface area contributed by atoms with Crippen molar-refractivity contribution >= 4 is 33.0 Å². The van der Waals surface area contributed by atoms with Gasteiger partial charge in [-0.3, -0.25) is 4.79 Å². The van der Waals surface area contributed by atoms with Crippen molar-refractivity contribution in [2.75, 3.05) is 12.4 Å². The molecule has 3 aromatic rings. The highest BCUT2D eigenvalue weighted by Gasteiger charge is 2.02. The number of nitrogens with one attached hydrogen (secondary N) is 2. The molecule has 3 nitrogen and oxygen atoms in total. The van der Waals surface area contributed by atoms with Crippen molar-refractivity contribution < 1.29 is 4.79 Å². The van der Waals surface area contributed by atoms with Crippen molar-refractivity contribution in [1.82, 2.24) is 5.32 Å². The maximum Gasteiger partial charge on any atom is 0.251 e. The summed E-state index contributed by atoms with van der Waals surface area (Å²) in [6.07, 6.45) is 0. The zero-order chi connectivity index (χ0) is 14.7. The number of carbonyl (C=O) groups excluding carboxylic acids is 1. The van der Waals surface area contributed by atoms with E-state index in [1.165, 1.54) is 10.1 Å². The maximum atomic E-state index is 11.5. The predicted molar refractivity (Wildman–Crippen MR) is 89.0 cm³/mol. The van der Waals surface area contributed by atoms with Gasteiger partial charge in [-0.25, -0.2) is 0 Å². The molecule has 21 heavy (non-hydrogen) atoms. The molecule has 0 spiro atoms. The third-order valence-corrected chi connectivity index (χ3v) is 4.29. The SMILES string of the molecule is CNC(=O)c1ccc(CNc2ccc3sccc3c2)cc1. The summed E-state index contributed by atoms with van der Waals surface area (Å²) in [4.78, 5) is 11.5. The fourth-order valence-corrected chi connectivity index (χ4v) is 2.97. The molecule has 1 amide bonds. The lowest BCUT2D eigenvalue weighted by atomic mass is 10.1. The van der Waals surface area contributed by atoms with E-state index in [0.29, 0.717) is 5.56 Å². The Bertz CT molecular complexity index is 762. The van der Waals surface area contributed by atoms with Gasteiger partial charge < -0.3 is 10.6 Å². The van der Waals surface area contributed by atoms with E-state index in [0.717, 1.165) is 17.8 Å². The van der Waals surface area contributed by atoms with Gasteiger partial charge in [0.25, 0.3) is 5.91 Å². The lowest BCUT2D eigenvalue weighted by Crippen LogP contribution is -2.17. The molecule has 2 aromatic carbocycles. The fourth-order valence-electron chi connectivity index (χ4n) is 2.20. The van der Waals surface area contributed by atoms with E-state index in [4.69, 9.17) is 0 Å². The van der Waals surface area contributed by atoms with Gasteiger partial charge in [0.2, 0.25) is 0 Å². The van der Waals surface area contributed by atoms with Crippen LogP contribution in [0.1, 0.15) is 15.9 Å². The Labute approximate surface area is 127 Å². The highest BCUT2D eigenvalue weighted by molar-refractivity contribution is 7.17. The summed E-state index contributed by atoms with van der Waals surface area (Å²) in [6, 6.07) is 16.2. The van der Waals surface area contributed by atoms with Gasteiger partial charge in [-0.15, -0.1) is 11.3 Å². The minimum Gasteiger partial charge on any atom is -0.381 e. The third-order valence-electron chi connectivity index (χ3n) is 3.39.